The maximum atomic E-state index is 13.1. The molecule has 0 unspecified atom stereocenters. The summed E-state index contributed by atoms with van der Waals surface area (Å²) < 4.78 is 22.8. The molecule has 8 nitrogen and oxygen atoms in total. The lowest BCUT2D eigenvalue weighted by molar-refractivity contribution is -0.186. The highest BCUT2D eigenvalue weighted by atomic mass is 16.6. The Balaban J connectivity index is 2.33. The van der Waals surface area contributed by atoms with Crippen LogP contribution in [0.4, 0.5) is 0 Å². The van der Waals surface area contributed by atoms with Crippen LogP contribution >= 0.6 is 0 Å². The molecule has 0 spiro atoms. The van der Waals surface area contributed by atoms with Gasteiger partial charge in [-0.3, -0.25) is 19.2 Å². The van der Waals surface area contributed by atoms with Gasteiger partial charge in [0.1, 0.15) is 18.3 Å². The van der Waals surface area contributed by atoms with E-state index in [4.69, 9.17) is 18.9 Å². The summed E-state index contributed by atoms with van der Waals surface area (Å²) in [5.41, 5.74) is -0.572. The number of hydrogen-bond acceptors (Lipinski definition) is 8. The van der Waals surface area contributed by atoms with Crippen molar-refractivity contribution in [3.05, 3.63) is 23.8 Å². The fraction of sp³-hybridized carbons (Fsp3) is 0.704. The molecule has 0 N–H and O–H groups in total. The number of esters is 4. The lowest BCUT2D eigenvalue weighted by Gasteiger charge is -2.60. The average Bonchev–Trinajstić information content (AvgIpc) is 2.77. The second kappa shape index (κ2) is 9.43. The highest BCUT2D eigenvalue weighted by Gasteiger charge is 2.65. The molecule has 1 saturated carbocycles. The van der Waals surface area contributed by atoms with E-state index in [0.29, 0.717) is 37.7 Å². The number of rotatable bonds is 5. The third-order valence-corrected chi connectivity index (χ3v) is 8.70. The maximum Gasteiger partial charge on any atom is 0.311 e. The quantitative estimate of drug-likeness (QED) is 0.323. The van der Waals surface area contributed by atoms with Gasteiger partial charge in [0.05, 0.1) is 12.5 Å². The van der Waals surface area contributed by atoms with Gasteiger partial charge in [-0.1, -0.05) is 25.5 Å². The van der Waals surface area contributed by atoms with E-state index in [0.717, 1.165) is 5.57 Å². The van der Waals surface area contributed by atoms with Crippen LogP contribution in [-0.4, -0.2) is 49.3 Å². The molecule has 0 aromatic rings. The number of fused-ring (bicyclic) bond motifs is 2. The van der Waals surface area contributed by atoms with Gasteiger partial charge in [-0.25, -0.2) is 0 Å². The number of carbonyl (C=O) groups is 4. The Hall–Kier alpha value is -2.64. The van der Waals surface area contributed by atoms with Gasteiger partial charge in [0.15, 0.2) is 0 Å². The lowest BCUT2D eigenvalue weighted by atomic mass is 9.45. The number of ether oxygens (including phenoxy) is 4. The van der Waals surface area contributed by atoms with Gasteiger partial charge in [-0.05, 0) is 44.9 Å². The van der Waals surface area contributed by atoms with Gasteiger partial charge in [0.2, 0.25) is 0 Å². The van der Waals surface area contributed by atoms with E-state index in [1.54, 1.807) is 6.08 Å². The van der Waals surface area contributed by atoms with Gasteiger partial charge in [0, 0.05) is 37.2 Å². The van der Waals surface area contributed by atoms with Gasteiger partial charge in [-0.2, -0.15) is 0 Å². The van der Waals surface area contributed by atoms with E-state index in [9.17, 15) is 19.2 Å². The normalized spacial score (nSPS) is 38.4. The molecule has 0 aromatic carbocycles. The third kappa shape index (κ3) is 4.40. The summed E-state index contributed by atoms with van der Waals surface area (Å²) in [4.78, 5) is 49.7. The first kappa shape index (κ1) is 27.0. The van der Waals surface area contributed by atoms with Crippen LogP contribution in [0.2, 0.25) is 0 Å². The molecule has 0 aromatic heterocycles. The van der Waals surface area contributed by atoms with E-state index < -0.39 is 52.5 Å². The summed E-state index contributed by atoms with van der Waals surface area (Å²) in [6.07, 6.45) is 2.36. The highest BCUT2D eigenvalue weighted by molar-refractivity contribution is 5.78. The van der Waals surface area contributed by atoms with Crippen molar-refractivity contribution in [3.63, 3.8) is 0 Å². The van der Waals surface area contributed by atoms with Crippen LogP contribution in [0.5, 0.6) is 0 Å². The minimum atomic E-state index is -0.882. The van der Waals surface area contributed by atoms with Crippen molar-refractivity contribution in [2.75, 3.05) is 7.11 Å². The van der Waals surface area contributed by atoms with Crippen LogP contribution in [0.1, 0.15) is 73.6 Å². The van der Waals surface area contributed by atoms with Crippen molar-refractivity contribution in [3.8, 4) is 0 Å². The standard InChI is InChI=1S/C27H38O8/c1-9-25(5)12-10-18-22(23(25)35-17(4)30)19(33-15(2)28)14-20-26(6,24(31)32-8)13-11-21(27(18,20)7)34-16(3)29/h9,19-21,23H,1,10-14H2,2-8H3/t19-,20+,21+,23-,25+,26-,27-/m1/s1. The molecule has 0 amide bonds. The fourth-order valence-corrected chi connectivity index (χ4v) is 6.91. The summed E-state index contributed by atoms with van der Waals surface area (Å²) in [6, 6.07) is 0. The first-order valence-electron chi connectivity index (χ1n) is 12.2. The van der Waals surface area contributed by atoms with Crippen molar-refractivity contribution in [2.24, 2.45) is 22.2 Å². The van der Waals surface area contributed by atoms with Crippen molar-refractivity contribution in [1.82, 2.24) is 0 Å². The summed E-state index contributed by atoms with van der Waals surface area (Å²) in [7, 11) is 1.37. The molecule has 0 aliphatic heterocycles. The molecule has 3 aliphatic carbocycles. The zero-order chi connectivity index (χ0) is 26.3. The van der Waals surface area contributed by atoms with Crippen LogP contribution in [0, 0.1) is 22.2 Å². The van der Waals surface area contributed by atoms with Crippen LogP contribution in [-0.2, 0) is 38.1 Å². The second-order valence-electron chi connectivity index (χ2n) is 10.8. The van der Waals surface area contributed by atoms with E-state index in [2.05, 4.69) is 6.58 Å². The topological polar surface area (TPSA) is 105 Å². The number of hydrogen-bond donors (Lipinski definition) is 0. The first-order valence-corrected chi connectivity index (χ1v) is 12.2. The smallest absolute Gasteiger partial charge is 0.311 e. The van der Waals surface area contributed by atoms with Crippen molar-refractivity contribution in [2.45, 2.75) is 92.0 Å². The van der Waals surface area contributed by atoms with Crippen molar-refractivity contribution in [1.29, 1.82) is 0 Å². The summed E-state index contributed by atoms with van der Waals surface area (Å²) in [6.45, 7) is 13.9. The predicted molar refractivity (Wildman–Crippen MR) is 127 cm³/mol. The predicted octanol–water partition coefficient (Wildman–Crippen LogP) is 4.06. The number of methoxy groups -OCH3 is 1. The summed E-state index contributed by atoms with van der Waals surface area (Å²) >= 11 is 0. The van der Waals surface area contributed by atoms with Gasteiger partial charge < -0.3 is 18.9 Å². The van der Waals surface area contributed by atoms with Crippen LogP contribution in [0.15, 0.2) is 23.8 Å². The van der Waals surface area contributed by atoms with Crippen molar-refractivity contribution >= 4 is 23.9 Å². The minimum Gasteiger partial charge on any atom is -0.469 e. The zero-order valence-electron chi connectivity index (χ0n) is 21.9. The lowest BCUT2D eigenvalue weighted by Crippen LogP contribution is -2.62. The summed E-state index contributed by atoms with van der Waals surface area (Å²) in [5, 5.41) is 0. The van der Waals surface area contributed by atoms with Crippen LogP contribution < -0.4 is 0 Å². The molecule has 1 fully saturated rings. The monoisotopic (exact) mass is 490 g/mol. The Morgan fingerprint density at radius 2 is 1.54 bits per heavy atom. The maximum absolute atomic E-state index is 13.1. The van der Waals surface area contributed by atoms with E-state index in [-0.39, 0.29) is 11.9 Å². The van der Waals surface area contributed by atoms with Gasteiger partial charge in [-0.15, -0.1) is 6.58 Å². The molecule has 0 heterocycles. The number of carbonyl (C=O) groups excluding carboxylic acids is 4. The van der Waals surface area contributed by atoms with Crippen LogP contribution in [0.3, 0.4) is 0 Å². The Morgan fingerprint density at radius 1 is 0.943 bits per heavy atom. The molecule has 0 radical (unpaired) electrons. The third-order valence-electron chi connectivity index (χ3n) is 8.70. The molecule has 194 valence electrons. The zero-order valence-corrected chi connectivity index (χ0v) is 21.9. The highest BCUT2D eigenvalue weighted by Crippen LogP contribution is 2.64. The van der Waals surface area contributed by atoms with E-state index in [1.807, 2.05) is 20.8 Å². The molecule has 8 heteroatoms. The molecule has 3 aliphatic rings. The molecular formula is C27H38O8. The molecule has 35 heavy (non-hydrogen) atoms. The molecular weight excluding hydrogens is 452 g/mol. The Bertz CT molecular complexity index is 966. The summed E-state index contributed by atoms with van der Waals surface area (Å²) in [5.74, 6) is -2.00. The molecule has 0 bridgehead atoms. The largest absolute Gasteiger partial charge is 0.469 e. The molecule has 3 rings (SSSR count). The van der Waals surface area contributed by atoms with Crippen molar-refractivity contribution < 1.29 is 38.1 Å². The Kier molecular flexibility index (Phi) is 7.26. The second-order valence-corrected chi connectivity index (χ2v) is 10.8. The van der Waals surface area contributed by atoms with E-state index >= 15 is 0 Å². The molecule has 0 saturated heterocycles. The first-order chi connectivity index (χ1) is 16.2. The average molecular weight is 491 g/mol. The van der Waals surface area contributed by atoms with E-state index in [1.165, 1.54) is 27.9 Å². The minimum absolute atomic E-state index is 0.309. The molecule has 7 atom stereocenters. The SMILES string of the molecule is C=C[C@@]1(C)CCC2=C([C@H]1OC(C)=O)[C@H](OC(C)=O)C[C@@H]1[C@]2(C)[C@@H](OC(C)=O)CC[C@@]1(C)C(=O)OC. The van der Waals surface area contributed by atoms with Crippen LogP contribution in [0.25, 0.3) is 0 Å². The Morgan fingerprint density at radius 3 is 2.06 bits per heavy atom. The van der Waals surface area contributed by atoms with Gasteiger partial charge >= 0.3 is 23.9 Å². The van der Waals surface area contributed by atoms with Gasteiger partial charge in [0.25, 0.3) is 0 Å². The Labute approximate surface area is 207 Å². The fourth-order valence-electron chi connectivity index (χ4n) is 6.91.